The summed E-state index contributed by atoms with van der Waals surface area (Å²) in [5, 5.41) is 2.66. The molecule has 0 aliphatic carbocycles. The average Bonchev–Trinajstić information content (AvgIpc) is 2.72. The Hall–Kier alpha value is -1.21. The molecule has 0 amide bonds. The Labute approximate surface area is 102 Å². The summed E-state index contributed by atoms with van der Waals surface area (Å²) in [6.45, 7) is 4.48. The Morgan fingerprint density at radius 3 is 3.06 bits per heavy atom. The fraction of sp³-hybridized carbons (Fsp3) is 0.385. The molecule has 0 bridgehead atoms. The predicted molar refractivity (Wildman–Crippen MR) is 73.5 cm³/mol. The molecular formula is C13H16N3P. The van der Waals surface area contributed by atoms with Crippen molar-refractivity contribution in [3.8, 4) is 0 Å². The summed E-state index contributed by atoms with van der Waals surface area (Å²) >= 11 is 0. The van der Waals surface area contributed by atoms with Gasteiger partial charge in [0.05, 0.1) is 5.69 Å². The molecule has 0 aromatic carbocycles. The van der Waals surface area contributed by atoms with Crippen molar-refractivity contribution in [2.75, 3.05) is 12.8 Å². The van der Waals surface area contributed by atoms with Crippen molar-refractivity contribution in [3.63, 3.8) is 0 Å². The van der Waals surface area contributed by atoms with Gasteiger partial charge in [-0.2, -0.15) is 0 Å². The van der Waals surface area contributed by atoms with Crippen molar-refractivity contribution in [2.24, 2.45) is 0 Å². The standard InChI is InChI=1S/C13H16N3P/c1-9-7-14-13-11(9)12(15-8-16-13)10-5-3-4-6-17(10)2/h5,7-8H,3-4,6H2,1-2H3,(H,14,15,16). The van der Waals surface area contributed by atoms with E-state index >= 15 is 0 Å². The van der Waals surface area contributed by atoms with E-state index in [-0.39, 0.29) is 7.92 Å². The topological polar surface area (TPSA) is 41.6 Å². The van der Waals surface area contributed by atoms with Crippen LogP contribution in [0, 0.1) is 6.92 Å². The molecule has 0 fully saturated rings. The van der Waals surface area contributed by atoms with Gasteiger partial charge in [-0.05, 0) is 43.5 Å². The summed E-state index contributed by atoms with van der Waals surface area (Å²) in [5.41, 5.74) is 3.36. The van der Waals surface area contributed by atoms with Crippen LogP contribution in [0.4, 0.5) is 0 Å². The first-order valence-corrected chi connectivity index (χ1v) is 7.95. The van der Waals surface area contributed by atoms with Gasteiger partial charge in [0.25, 0.3) is 0 Å². The number of aromatic nitrogens is 3. The molecule has 3 heterocycles. The molecule has 1 unspecified atom stereocenters. The van der Waals surface area contributed by atoms with Gasteiger partial charge in [-0.15, -0.1) is 0 Å². The molecule has 1 N–H and O–H groups in total. The van der Waals surface area contributed by atoms with E-state index < -0.39 is 0 Å². The van der Waals surface area contributed by atoms with E-state index in [1.807, 2.05) is 6.20 Å². The second-order valence-corrected chi connectivity index (χ2v) is 6.90. The zero-order valence-corrected chi connectivity index (χ0v) is 11.1. The van der Waals surface area contributed by atoms with Gasteiger partial charge in [0.15, 0.2) is 0 Å². The zero-order chi connectivity index (χ0) is 11.8. The molecule has 1 aliphatic rings. The van der Waals surface area contributed by atoms with Crippen LogP contribution >= 0.6 is 7.92 Å². The Morgan fingerprint density at radius 2 is 2.24 bits per heavy atom. The molecule has 2 aromatic rings. The maximum Gasteiger partial charge on any atom is 0.141 e. The molecule has 0 saturated carbocycles. The van der Waals surface area contributed by atoms with E-state index in [9.17, 15) is 0 Å². The number of aromatic amines is 1. The van der Waals surface area contributed by atoms with Gasteiger partial charge in [0.1, 0.15) is 12.0 Å². The molecule has 17 heavy (non-hydrogen) atoms. The quantitative estimate of drug-likeness (QED) is 0.781. The Balaban J connectivity index is 2.23. The highest BCUT2D eigenvalue weighted by Gasteiger charge is 2.19. The summed E-state index contributed by atoms with van der Waals surface area (Å²) in [6, 6.07) is 0. The average molecular weight is 245 g/mol. The molecule has 0 spiro atoms. The van der Waals surface area contributed by atoms with Gasteiger partial charge in [-0.1, -0.05) is 14.0 Å². The third kappa shape index (κ3) is 1.79. The molecule has 3 nitrogen and oxygen atoms in total. The van der Waals surface area contributed by atoms with Crippen LogP contribution in [0.1, 0.15) is 24.1 Å². The monoisotopic (exact) mass is 245 g/mol. The molecule has 1 atom stereocenters. The van der Waals surface area contributed by atoms with Gasteiger partial charge in [-0.3, -0.25) is 0 Å². The van der Waals surface area contributed by atoms with E-state index in [0.717, 1.165) is 11.3 Å². The van der Waals surface area contributed by atoms with E-state index in [0.29, 0.717) is 0 Å². The first-order chi connectivity index (χ1) is 8.27. The molecule has 0 saturated heterocycles. The number of allylic oxidation sites excluding steroid dienone is 1. The van der Waals surface area contributed by atoms with Crippen LogP contribution in [0.25, 0.3) is 16.3 Å². The minimum Gasteiger partial charge on any atom is -0.346 e. The number of rotatable bonds is 1. The minimum absolute atomic E-state index is 0.0411. The van der Waals surface area contributed by atoms with Crippen LogP contribution in [0.3, 0.4) is 0 Å². The lowest BCUT2D eigenvalue weighted by Crippen LogP contribution is -1.98. The zero-order valence-electron chi connectivity index (χ0n) is 10.2. The first-order valence-electron chi connectivity index (χ1n) is 5.97. The minimum atomic E-state index is -0.0411. The van der Waals surface area contributed by atoms with Crippen LogP contribution < -0.4 is 0 Å². The van der Waals surface area contributed by atoms with E-state index in [1.54, 1.807) is 6.33 Å². The Bertz CT molecular complexity index is 585. The van der Waals surface area contributed by atoms with Crippen molar-refractivity contribution < 1.29 is 0 Å². The summed E-state index contributed by atoms with van der Waals surface area (Å²) in [7, 11) is -0.0411. The van der Waals surface area contributed by atoms with Gasteiger partial charge in [0, 0.05) is 11.6 Å². The predicted octanol–water partition coefficient (Wildman–Crippen LogP) is 3.51. The molecule has 2 aromatic heterocycles. The Morgan fingerprint density at radius 1 is 1.35 bits per heavy atom. The normalized spacial score (nSPS) is 20.6. The number of nitrogens with zero attached hydrogens (tertiary/aromatic N) is 2. The van der Waals surface area contributed by atoms with Gasteiger partial charge < -0.3 is 4.98 Å². The van der Waals surface area contributed by atoms with E-state index in [2.05, 4.69) is 34.6 Å². The molecule has 88 valence electrons. The highest BCUT2D eigenvalue weighted by molar-refractivity contribution is 7.67. The van der Waals surface area contributed by atoms with E-state index in [4.69, 9.17) is 0 Å². The molecule has 4 heteroatoms. The fourth-order valence-electron chi connectivity index (χ4n) is 2.43. The van der Waals surface area contributed by atoms with E-state index in [1.165, 1.54) is 35.3 Å². The van der Waals surface area contributed by atoms with Crippen molar-refractivity contribution in [2.45, 2.75) is 19.8 Å². The van der Waals surface area contributed by atoms with Gasteiger partial charge >= 0.3 is 0 Å². The second-order valence-electron chi connectivity index (χ2n) is 4.57. The molecule has 1 aliphatic heterocycles. The summed E-state index contributed by atoms with van der Waals surface area (Å²) in [4.78, 5) is 12.0. The van der Waals surface area contributed by atoms with Crippen molar-refractivity contribution in [3.05, 3.63) is 29.9 Å². The van der Waals surface area contributed by atoms with Crippen molar-refractivity contribution >= 4 is 24.3 Å². The number of hydrogen-bond donors (Lipinski definition) is 1. The third-order valence-electron chi connectivity index (χ3n) is 3.36. The number of aryl methyl sites for hydroxylation is 1. The smallest absolute Gasteiger partial charge is 0.141 e. The lowest BCUT2D eigenvalue weighted by molar-refractivity contribution is 0.959. The molecular weight excluding hydrogens is 229 g/mol. The van der Waals surface area contributed by atoms with Crippen LogP contribution in [0.2, 0.25) is 0 Å². The number of H-pyrrole nitrogens is 1. The maximum atomic E-state index is 4.53. The number of nitrogens with one attached hydrogen (secondary N) is 1. The Kier molecular flexibility index (Phi) is 2.71. The largest absolute Gasteiger partial charge is 0.346 e. The van der Waals surface area contributed by atoms with Crippen molar-refractivity contribution in [1.82, 2.24) is 15.0 Å². The SMILES string of the molecule is Cc1c[nH]c2ncnc(C3=CCCCP3C)c12. The third-order valence-corrected chi connectivity index (χ3v) is 5.56. The van der Waals surface area contributed by atoms with Crippen LogP contribution in [0.5, 0.6) is 0 Å². The van der Waals surface area contributed by atoms with Crippen LogP contribution in [0.15, 0.2) is 18.6 Å². The highest BCUT2D eigenvalue weighted by Crippen LogP contribution is 2.51. The lowest BCUT2D eigenvalue weighted by Gasteiger charge is -2.21. The van der Waals surface area contributed by atoms with Gasteiger partial charge in [0.2, 0.25) is 0 Å². The summed E-state index contributed by atoms with van der Waals surface area (Å²) < 4.78 is 0. The first kappa shape index (κ1) is 10.9. The van der Waals surface area contributed by atoms with Crippen molar-refractivity contribution in [1.29, 1.82) is 0 Å². The highest BCUT2D eigenvalue weighted by atomic mass is 31.1. The molecule has 3 rings (SSSR count). The summed E-state index contributed by atoms with van der Waals surface area (Å²) in [5.74, 6) is 0. The second kappa shape index (κ2) is 4.23. The molecule has 0 radical (unpaired) electrons. The number of hydrogen-bond acceptors (Lipinski definition) is 2. The van der Waals surface area contributed by atoms with Gasteiger partial charge in [-0.25, -0.2) is 9.97 Å². The summed E-state index contributed by atoms with van der Waals surface area (Å²) in [6.07, 6.45) is 9.92. The number of fused-ring (bicyclic) bond motifs is 1. The lowest BCUT2D eigenvalue weighted by atomic mass is 10.1. The fourth-order valence-corrected chi connectivity index (χ4v) is 4.30. The maximum absolute atomic E-state index is 4.53. The van der Waals surface area contributed by atoms with Crippen LogP contribution in [-0.2, 0) is 0 Å². The van der Waals surface area contributed by atoms with Crippen LogP contribution in [-0.4, -0.2) is 27.8 Å².